The zero-order valence-electron chi connectivity index (χ0n) is 9.84. The van der Waals surface area contributed by atoms with Crippen LogP contribution in [0.15, 0.2) is 30.3 Å². The summed E-state index contributed by atoms with van der Waals surface area (Å²) in [7, 11) is 0. The molecule has 0 spiro atoms. The number of hydrogen-bond acceptors (Lipinski definition) is 3. The molecule has 0 aliphatic rings. The van der Waals surface area contributed by atoms with Crippen LogP contribution in [0.25, 0.3) is 0 Å². The summed E-state index contributed by atoms with van der Waals surface area (Å²) in [5, 5.41) is 18.2. The molecule has 1 rings (SSSR count). The van der Waals surface area contributed by atoms with Crippen LogP contribution in [0.2, 0.25) is 0 Å². The van der Waals surface area contributed by atoms with Gasteiger partial charge in [-0.1, -0.05) is 30.3 Å². The van der Waals surface area contributed by atoms with Crippen LogP contribution in [0.1, 0.15) is 18.9 Å². The zero-order valence-corrected chi connectivity index (χ0v) is 9.84. The van der Waals surface area contributed by atoms with Crippen molar-refractivity contribution >= 4 is 0 Å². The maximum atomic E-state index is 9.40. The second-order valence-corrected chi connectivity index (χ2v) is 4.15. The second-order valence-electron chi connectivity index (χ2n) is 4.15. The predicted molar refractivity (Wildman–Crippen MR) is 65.1 cm³/mol. The second kappa shape index (κ2) is 7.39. The van der Waals surface area contributed by atoms with Gasteiger partial charge in [-0.25, -0.2) is 0 Å². The molecule has 0 aliphatic heterocycles. The summed E-state index contributed by atoms with van der Waals surface area (Å²) in [5.74, 6) is 0. The van der Waals surface area contributed by atoms with Crippen molar-refractivity contribution in [3.8, 4) is 0 Å². The first-order valence-corrected chi connectivity index (χ1v) is 5.77. The molecule has 0 radical (unpaired) electrons. The molecule has 0 heterocycles. The summed E-state index contributed by atoms with van der Waals surface area (Å²) in [6.45, 7) is 4.28. The normalized spacial score (nSPS) is 13.0. The lowest BCUT2D eigenvalue weighted by Gasteiger charge is -2.23. The van der Waals surface area contributed by atoms with Crippen molar-refractivity contribution in [1.29, 1.82) is 0 Å². The van der Waals surface area contributed by atoms with Crippen LogP contribution >= 0.6 is 0 Å². The predicted octanol–water partition coefficient (Wildman–Crippen LogP) is 1.25. The molecule has 0 saturated carbocycles. The molecule has 3 nitrogen and oxygen atoms in total. The molecule has 0 fully saturated rings. The molecule has 1 atom stereocenters. The van der Waals surface area contributed by atoms with E-state index in [1.165, 1.54) is 5.56 Å². The van der Waals surface area contributed by atoms with Crippen LogP contribution in [-0.4, -0.2) is 40.9 Å². The van der Waals surface area contributed by atoms with Gasteiger partial charge in [-0.15, -0.1) is 0 Å². The third-order valence-corrected chi connectivity index (χ3v) is 2.40. The third-order valence-electron chi connectivity index (χ3n) is 2.40. The molecular weight excluding hydrogens is 202 g/mol. The Morgan fingerprint density at radius 2 is 1.94 bits per heavy atom. The van der Waals surface area contributed by atoms with Gasteiger partial charge in [-0.2, -0.15) is 0 Å². The highest BCUT2D eigenvalue weighted by molar-refractivity contribution is 5.14. The smallest absolute Gasteiger partial charge is 0.0639 e. The van der Waals surface area contributed by atoms with Crippen LogP contribution < -0.4 is 0 Å². The van der Waals surface area contributed by atoms with E-state index in [4.69, 9.17) is 5.11 Å². The zero-order chi connectivity index (χ0) is 11.8. The van der Waals surface area contributed by atoms with Crippen LogP contribution in [-0.2, 0) is 6.54 Å². The Labute approximate surface area is 97.3 Å². The average molecular weight is 223 g/mol. The first-order chi connectivity index (χ1) is 7.72. The van der Waals surface area contributed by atoms with Gasteiger partial charge in [-0.3, -0.25) is 4.90 Å². The van der Waals surface area contributed by atoms with Gasteiger partial charge in [0.15, 0.2) is 0 Å². The van der Waals surface area contributed by atoms with Crippen molar-refractivity contribution in [3.63, 3.8) is 0 Å². The Kier molecular flexibility index (Phi) is 6.08. The highest BCUT2D eigenvalue weighted by atomic mass is 16.3. The Hall–Kier alpha value is -0.900. The summed E-state index contributed by atoms with van der Waals surface area (Å²) in [5.41, 5.74) is 1.24. The molecule has 2 N–H and O–H groups in total. The van der Waals surface area contributed by atoms with Crippen LogP contribution in [0.3, 0.4) is 0 Å². The van der Waals surface area contributed by atoms with Crippen molar-refractivity contribution in [2.24, 2.45) is 0 Å². The lowest BCUT2D eigenvalue weighted by Crippen LogP contribution is -2.31. The summed E-state index contributed by atoms with van der Waals surface area (Å²) in [6, 6.07) is 10.2. The Morgan fingerprint density at radius 3 is 2.50 bits per heavy atom. The van der Waals surface area contributed by atoms with Crippen molar-refractivity contribution in [2.45, 2.75) is 26.0 Å². The number of aliphatic hydroxyl groups excluding tert-OH is 2. The SMILES string of the molecule is C[C@@H](O)CN(CCCO)Cc1ccccc1. The molecule has 1 aromatic rings. The number of hydrogen-bond donors (Lipinski definition) is 2. The number of nitrogens with zero attached hydrogens (tertiary/aromatic N) is 1. The minimum Gasteiger partial charge on any atom is -0.396 e. The molecule has 0 bridgehead atoms. The van der Waals surface area contributed by atoms with Crippen LogP contribution in [0, 0.1) is 0 Å². The highest BCUT2D eigenvalue weighted by Crippen LogP contribution is 2.05. The van der Waals surface area contributed by atoms with Crippen LogP contribution in [0.5, 0.6) is 0 Å². The van der Waals surface area contributed by atoms with E-state index in [-0.39, 0.29) is 12.7 Å². The lowest BCUT2D eigenvalue weighted by atomic mass is 10.2. The van der Waals surface area contributed by atoms with Crippen molar-refractivity contribution < 1.29 is 10.2 Å². The summed E-state index contributed by atoms with van der Waals surface area (Å²) >= 11 is 0. The topological polar surface area (TPSA) is 43.7 Å². The van der Waals surface area contributed by atoms with Crippen molar-refractivity contribution in [3.05, 3.63) is 35.9 Å². The van der Waals surface area contributed by atoms with Gasteiger partial charge >= 0.3 is 0 Å². The van der Waals surface area contributed by atoms with Crippen molar-refractivity contribution in [2.75, 3.05) is 19.7 Å². The highest BCUT2D eigenvalue weighted by Gasteiger charge is 2.08. The third kappa shape index (κ3) is 5.26. The molecule has 3 heteroatoms. The number of benzene rings is 1. The first kappa shape index (κ1) is 13.2. The van der Waals surface area contributed by atoms with Gasteiger partial charge in [-0.05, 0) is 18.9 Å². The molecular formula is C13H21NO2. The lowest BCUT2D eigenvalue weighted by molar-refractivity contribution is 0.116. The minimum absolute atomic E-state index is 0.200. The summed E-state index contributed by atoms with van der Waals surface area (Å²) in [4.78, 5) is 2.16. The van der Waals surface area contributed by atoms with Gasteiger partial charge < -0.3 is 10.2 Å². The molecule has 0 saturated heterocycles. The van der Waals surface area contributed by atoms with E-state index < -0.39 is 0 Å². The van der Waals surface area contributed by atoms with Crippen molar-refractivity contribution in [1.82, 2.24) is 4.90 Å². The van der Waals surface area contributed by atoms with Gasteiger partial charge in [0.1, 0.15) is 0 Å². The van der Waals surface area contributed by atoms with Crippen LogP contribution in [0.4, 0.5) is 0 Å². The maximum Gasteiger partial charge on any atom is 0.0639 e. The summed E-state index contributed by atoms with van der Waals surface area (Å²) in [6.07, 6.45) is 0.418. The first-order valence-electron chi connectivity index (χ1n) is 5.77. The minimum atomic E-state index is -0.331. The fourth-order valence-corrected chi connectivity index (χ4v) is 1.74. The number of rotatable bonds is 7. The Balaban J connectivity index is 2.49. The summed E-state index contributed by atoms with van der Waals surface area (Å²) < 4.78 is 0. The van der Waals surface area contributed by atoms with E-state index in [1.807, 2.05) is 18.2 Å². The number of aliphatic hydroxyl groups is 2. The van der Waals surface area contributed by atoms with E-state index in [9.17, 15) is 5.11 Å². The molecule has 0 aliphatic carbocycles. The Bertz CT molecular complexity index is 275. The van der Waals surface area contributed by atoms with Gasteiger partial charge in [0, 0.05) is 26.2 Å². The standard InChI is InChI=1S/C13H21NO2/c1-12(16)10-14(8-5-9-15)11-13-6-3-2-4-7-13/h2-4,6-7,12,15-16H,5,8-11H2,1H3/t12-/m1/s1. The van der Waals surface area contributed by atoms with E-state index in [0.29, 0.717) is 6.54 Å². The molecule has 90 valence electrons. The molecule has 0 amide bonds. The van der Waals surface area contributed by atoms with Gasteiger partial charge in [0.25, 0.3) is 0 Å². The van der Waals surface area contributed by atoms with E-state index in [1.54, 1.807) is 6.92 Å². The molecule has 0 unspecified atom stereocenters. The molecule has 1 aromatic carbocycles. The van der Waals surface area contributed by atoms with E-state index in [0.717, 1.165) is 19.5 Å². The van der Waals surface area contributed by atoms with Gasteiger partial charge in [0.2, 0.25) is 0 Å². The quantitative estimate of drug-likeness (QED) is 0.731. The fourth-order valence-electron chi connectivity index (χ4n) is 1.74. The van der Waals surface area contributed by atoms with E-state index in [2.05, 4.69) is 17.0 Å². The fraction of sp³-hybridized carbons (Fsp3) is 0.538. The maximum absolute atomic E-state index is 9.40. The molecule has 0 aromatic heterocycles. The molecule has 16 heavy (non-hydrogen) atoms. The largest absolute Gasteiger partial charge is 0.396 e. The van der Waals surface area contributed by atoms with E-state index >= 15 is 0 Å². The average Bonchev–Trinajstić information content (AvgIpc) is 2.26. The monoisotopic (exact) mass is 223 g/mol. The van der Waals surface area contributed by atoms with Gasteiger partial charge in [0.05, 0.1) is 6.10 Å². The Morgan fingerprint density at radius 1 is 1.25 bits per heavy atom.